The van der Waals surface area contributed by atoms with Crippen molar-refractivity contribution in [3.05, 3.63) is 63.8 Å². The molecule has 0 unspecified atom stereocenters. The van der Waals surface area contributed by atoms with Gasteiger partial charge in [0.25, 0.3) is 11.5 Å². The van der Waals surface area contributed by atoms with E-state index in [1.807, 2.05) is 11.8 Å². The monoisotopic (exact) mass is 369 g/mol. The molecule has 1 aromatic carbocycles. The van der Waals surface area contributed by atoms with Crippen LogP contribution in [-0.2, 0) is 0 Å². The van der Waals surface area contributed by atoms with Gasteiger partial charge in [0.05, 0.1) is 0 Å². The van der Waals surface area contributed by atoms with Gasteiger partial charge in [-0.1, -0.05) is 0 Å². The molecule has 0 bridgehead atoms. The zero-order chi connectivity index (χ0) is 19.1. The van der Waals surface area contributed by atoms with Crippen LogP contribution < -0.4 is 5.56 Å². The van der Waals surface area contributed by atoms with Crippen LogP contribution in [0.5, 0.6) is 0 Å². The number of amides is 1. The summed E-state index contributed by atoms with van der Waals surface area (Å²) < 4.78 is 14.6. The number of pyridine rings is 1. The van der Waals surface area contributed by atoms with E-state index in [2.05, 4.69) is 4.90 Å². The zero-order valence-corrected chi connectivity index (χ0v) is 15.7. The highest BCUT2D eigenvalue weighted by Gasteiger charge is 2.37. The van der Waals surface area contributed by atoms with Crippen molar-refractivity contribution >= 4 is 5.91 Å². The number of aryl methyl sites for hydroxylation is 1. The van der Waals surface area contributed by atoms with Crippen LogP contribution in [0.4, 0.5) is 4.39 Å². The van der Waals surface area contributed by atoms with Gasteiger partial charge >= 0.3 is 0 Å². The second-order valence-electron chi connectivity index (χ2n) is 7.62. The third kappa shape index (κ3) is 3.18. The van der Waals surface area contributed by atoms with Gasteiger partial charge in [-0.3, -0.25) is 19.1 Å². The lowest BCUT2D eigenvalue weighted by Gasteiger charge is -2.42. The standard InChI is InChI=1S/C21H24FN3O2/c1-14-9-11-24(17-7-5-16(22)6-8-17)20(26)19(14)21(27)25-13-18-4-3-10-23(18)12-15(25)2/h5-9,11,15,18H,3-4,10,12-13H2,1-2H3/t15-,18-/m1/s1. The molecule has 2 aliphatic rings. The van der Waals surface area contributed by atoms with E-state index in [1.54, 1.807) is 31.3 Å². The van der Waals surface area contributed by atoms with E-state index < -0.39 is 0 Å². The highest BCUT2D eigenvalue weighted by Crippen LogP contribution is 2.25. The van der Waals surface area contributed by atoms with E-state index in [-0.39, 0.29) is 28.9 Å². The maximum absolute atomic E-state index is 13.3. The van der Waals surface area contributed by atoms with Crippen LogP contribution in [0.25, 0.3) is 5.69 Å². The average molecular weight is 369 g/mol. The summed E-state index contributed by atoms with van der Waals surface area (Å²) in [5.41, 5.74) is 1.07. The molecular formula is C21H24FN3O2. The molecule has 4 rings (SSSR count). The summed E-state index contributed by atoms with van der Waals surface area (Å²) in [4.78, 5) is 30.7. The van der Waals surface area contributed by atoms with Crippen molar-refractivity contribution in [1.29, 1.82) is 0 Å². The lowest BCUT2D eigenvalue weighted by molar-refractivity contribution is 0.0393. The number of benzene rings is 1. The summed E-state index contributed by atoms with van der Waals surface area (Å²) in [6.07, 6.45) is 3.91. The van der Waals surface area contributed by atoms with Crippen molar-refractivity contribution < 1.29 is 9.18 Å². The molecule has 0 spiro atoms. The molecule has 3 heterocycles. The number of hydrogen-bond donors (Lipinski definition) is 0. The number of piperazine rings is 1. The Kier molecular flexibility index (Phi) is 4.60. The van der Waals surface area contributed by atoms with Crippen molar-refractivity contribution in [3.8, 4) is 5.69 Å². The van der Waals surface area contributed by atoms with Gasteiger partial charge in [0.1, 0.15) is 11.4 Å². The molecule has 2 atom stereocenters. The smallest absolute Gasteiger partial charge is 0.268 e. The molecule has 0 aliphatic carbocycles. The molecule has 0 N–H and O–H groups in total. The van der Waals surface area contributed by atoms with Gasteiger partial charge in [-0.15, -0.1) is 0 Å². The topological polar surface area (TPSA) is 45.6 Å². The second kappa shape index (κ2) is 6.93. The van der Waals surface area contributed by atoms with Crippen molar-refractivity contribution in [2.24, 2.45) is 0 Å². The first-order valence-electron chi connectivity index (χ1n) is 9.49. The summed E-state index contributed by atoms with van der Waals surface area (Å²) in [6.45, 7) is 6.46. The molecule has 2 saturated heterocycles. The minimum absolute atomic E-state index is 0.0742. The summed E-state index contributed by atoms with van der Waals surface area (Å²) in [5, 5.41) is 0. The summed E-state index contributed by atoms with van der Waals surface area (Å²) in [5.74, 6) is -0.563. The van der Waals surface area contributed by atoms with Gasteiger partial charge in [-0.25, -0.2) is 4.39 Å². The highest BCUT2D eigenvalue weighted by molar-refractivity contribution is 5.95. The first-order chi connectivity index (χ1) is 13.0. The predicted octanol–water partition coefficient (Wildman–Crippen LogP) is 2.59. The van der Waals surface area contributed by atoms with Crippen LogP contribution in [-0.4, -0.2) is 52.0 Å². The number of halogens is 1. The Morgan fingerprint density at radius 3 is 2.63 bits per heavy atom. The molecule has 142 valence electrons. The number of carbonyl (C=O) groups excluding carboxylic acids is 1. The third-order valence-corrected chi connectivity index (χ3v) is 5.82. The Morgan fingerprint density at radius 1 is 1.15 bits per heavy atom. The van der Waals surface area contributed by atoms with E-state index in [4.69, 9.17) is 0 Å². The molecule has 2 fully saturated rings. The first kappa shape index (κ1) is 17.9. The number of carbonyl (C=O) groups is 1. The molecule has 2 aromatic rings. The molecule has 1 amide bonds. The van der Waals surface area contributed by atoms with Crippen LogP contribution in [0.1, 0.15) is 35.7 Å². The van der Waals surface area contributed by atoms with Crippen molar-refractivity contribution in [2.45, 2.75) is 38.8 Å². The highest BCUT2D eigenvalue weighted by atomic mass is 19.1. The molecule has 1 aromatic heterocycles. The third-order valence-electron chi connectivity index (χ3n) is 5.82. The summed E-state index contributed by atoms with van der Waals surface area (Å²) in [7, 11) is 0. The molecule has 6 heteroatoms. The van der Waals surface area contributed by atoms with Crippen LogP contribution in [0.3, 0.4) is 0 Å². The Morgan fingerprint density at radius 2 is 1.89 bits per heavy atom. The lowest BCUT2D eigenvalue weighted by atomic mass is 10.0. The van der Waals surface area contributed by atoms with Crippen molar-refractivity contribution in [3.63, 3.8) is 0 Å². The Labute approximate surface area is 158 Å². The molecule has 0 radical (unpaired) electrons. The number of fused-ring (bicyclic) bond motifs is 1. The van der Waals surface area contributed by atoms with E-state index in [0.717, 1.165) is 19.5 Å². The number of aromatic nitrogens is 1. The number of hydrogen-bond acceptors (Lipinski definition) is 3. The van der Waals surface area contributed by atoms with Gasteiger partial charge in [0.2, 0.25) is 0 Å². The predicted molar refractivity (Wildman–Crippen MR) is 102 cm³/mol. The van der Waals surface area contributed by atoms with Crippen LogP contribution >= 0.6 is 0 Å². The first-order valence-corrected chi connectivity index (χ1v) is 9.49. The van der Waals surface area contributed by atoms with E-state index in [1.165, 1.54) is 23.1 Å². The van der Waals surface area contributed by atoms with E-state index in [0.29, 0.717) is 23.8 Å². The number of nitrogens with zero attached hydrogens (tertiary/aromatic N) is 3. The van der Waals surface area contributed by atoms with E-state index in [9.17, 15) is 14.0 Å². The molecule has 27 heavy (non-hydrogen) atoms. The maximum atomic E-state index is 13.3. The fourth-order valence-electron chi connectivity index (χ4n) is 4.31. The Hall–Kier alpha value is -2.47. The summed E-state index contributed by atoms with van der Waals surface area (Å²) in [6, 6.07) is 7.95. The van der Waals surface area contributed by atoms with Crippen molar-refractivity contribution in [1.82, 2.24) is 14.4 Å². The minimum atomic E-state index is -0.363. The van der Waals surface area contributed by atoms with Gasteiger partial charge < -0.3 is 4.90 Å². The normalized spacial score (nSPS) is 22.7. The fraction of sp³-hybridized carbons (Fsp3) is 0.429. The second-order valence-corrected chi connectivity index (χ2v) is 7.62. The molecule has 5 nitrogen and oxygen atoms in total. The number of rotatable bonds is 2. The quantitative estimate of drug-likeness (QED) is 0.817. The molecule has 0 saturated carbocycles. The SMILES string of the molecule is Cc1ccn(-c2ccc(F)cc2)c(=O)c1C(=O)N1C[C@H]2CCCN2C[C@H]1C. The van der Waals surface area contributed by atoms with Gasteiger partial charge in [0.15, 0.2) is 0 Å². The fourth-order valence-corrected chi connectivity index (χ4v) is 4.31. The lowest BCUT2D eigenvalue weighted by Crippen LogP contribution is -2.57. The van der Waals surface area contributed by atoms with Crippen LogP contribution in [0, 0.1) is 12.7 Å². The van der Waals surface area contributed by atoms with Crippen LogP contribution in [0.15, 0.2) is 41.3 Å². The average Bonchev–Trinajstić information content (AvgIpc) is 3.09. The Bertz CT molecular complexity index is 922. The minimum Gasteiger partial charge on any atom is -0.333 e. The molecular weight excluding hydrogens is 345 g/mol. The van der Waals surface area contributed by atoms with Gasteiger partial charge in [-0.05, 0) is 69.1 Å². The largest absolute Gasteiger partial charge is 0.333 e. The van der Waals surface area contributed by atoms with Crippen molar-refractivity contribution in [2.75, 3.05) is 19.6 Å². The van der Waals surface area contributed by atoms with Gasteiger partial charge in [-0.2, -0.15) is 0 Å². The Balaban J connectivity index is 1.70. The van der Waals surface area contributed by atoms with Crippen LogP contribution in [0.2, 0.25) is 0 Å². The maximum Gasteiger partial charge on any atom is 0.268 e. The van der Waals surface area contributed by atoms with Gasteiger partial charge in [0, 0.05) is 37.1 Å². The zero-order valence-electron chi connectivity index (χ0n) is 15.7. The molecule has 2 aliphatic heterocycles. The summed E-state index contributed by atoms with van der Waals surface area (Å²) >= 11 is 0. The van der Waals surface area contributed by atoms with E-state index >= 15 is 0 Å².